The van der Waals surface area contributed by atoms with Gasteiger partial charge in [-0.25, -0.2) is 0 Å². The molecule has 0 fully saturated rings. The van der Waals surface area contributed by atoms with E-state index in [1.54, 1.807) is 12.1 Å². The lowest BCUT2D eigenvalue weighted by atomic mass is 9.96. The van der Waals surface area contributed by atoms with Gasteiger partial charge in [0.25, 0.3) is 0 Å². The molecule has 0 aliphatic heterocycles. The van der Waals surface area contributed by atoms with Crippen molar-refractivity contribution in [3.8, 4) is 11.5 Å². The van der Waals surface area contributed by atoms with Gasteiger partial charge >= 0.3 is 0 Å². The van der Waals surface area contributed by atoms with E-state index in [2.05, 4.69) is 16.4 Å². The first-order valence-corrected chi connectivity index (χ1v) is 8.12. The third kappa shape index (κ3) is 2.90. The molecule has 4 rings (SSSR count). The van der Waals surface area contributed by atoms with Gasteiger partial charge in [-0.05, 0) is 30.3 Å². The molecule has 4 aromatic rings. The molecule has 1 unspecified atom stereocenters. The maximum Gasteiger partial charge on any atom is 0.124 e. The molecule has 0 amide bonds. The maximum absolute atomic E-state index is 10.4. The first-order chi connectivity index (χ1) is 12.2. The second-order valence-electron chi connectivity index (χ2n) is 5.98. The van der Waals surface area contributed by atoms with E-state index < -0.39 is 0 Å². The number of phenols is 2. The highest BCUT2D eigenvalue weighted by atomic mass is 16.3. The number of H-pyrrole nitrogens is 1. The second-order valence-corrected chi connectivity index (χ2v) is 5.98. The number of aromatic amines is 1. The summed E-state index contributed by atoms with van der Waals surface area (Å²) >= 11 is 0. The predicted molar refractivity (Wildman–Crippen MR) is 100.0 cm³/mol. The van der Waals surface area contributed by atoms with E-state index in [4.69, 9.17) is 0 Å². The molecule has 0 saturated carbocycles. The third-order valence-electron chi connectivity index (χ3n) is 4.34. The van der Waals surface area contributed by atoms with Crippen LogP contribution < -0.4 is 5.32 Å². The topological polar surface area (TPSA) is 68.3 Å². The fraction of sp³-hybridized carbons (Fsp3) is 0.0476. The van der Waals surface area contributed by atoms with Crippen LogP contribution in [-0.2, 0) is 0 Å². The monoisotopic (exact) mass is 330 g/mol. The van der Waals surface area contributed by atoms with Crippen molar-refractivity contribution in [1.29, 1.82) is 0 Å². The maximum atomic E-state index is 10.4. The van der Waals surface area contributed by atoms with Gasteiger partial charge in [-0.1, -0.05) is 36.4 Å². The van der Waals surface area contributed by atoms with Gasteiger partial charge in [0.15, 0.2) is 0 Å². The van der Waals surface area contributed by atoms with Gasteiger partial charge in [-0.3, -0.25) is 0 Å². The SMILES string of the molecule is Oc1ccc(C(Nc2ccccc2)c2c[nH]c3ccccc23)c(O)c1. The van der Waals surface area contributed by atoms with Crippen molar-refractivity contribution in [2.24, 2.45) is 0 Å². The van der Waals surface area contributed by atoms with Crippen LogP contribution in [0.15, 0.2) is 79.0 Å². The Kier molecular flexibility index (Phi) is 3.78. The van der Waals surface area contributed by atoms with Gasteiger partial charge in [0.1, 0.15) is 11.5 Å². The minimum Gasteiger partial charge on any atom is -0.508 e. The molecule has 1 atom stereocenters. The predicted octanol–water partition coefficient (Wildman–Crippen LogP) is 4.78. The van der Waals surface area contributed by atoms with Crippen molar-refractivity contribution < 1.29 is 10.2 Å². The van der Waals surface area contributed by atoms with Gasteiger partial charge in [-0.2, -0.15) is 0 Å². The summed E-state index contributed by atoms with van der Waals surface area (Å²) in [6, 6.07) is 22.3. The molecule has 0 spiro atoms. The van der Waals surface area contributed by atoms with Crippen LogP contribution in [0.4, 0.5) is 5.69 Å². The van der Waals surface area contributed by atoms with E-state index in [0.717, 1.165) is 22.2 Å². The van der Waals surface area contributed by atoms with Crippen LogP contribution in [0.1, 0.15) is 17.2 Å². The summed E-state index contributed by atoms with van der Waals surface area (Å²) in [4.78, 5) is 3.28. The molecular weight excluding hydrogens is 312 g/mol. The summed E-state index contributed by atoms with van der Waals surface area (Å²) in [7, 11) is 0. The largest absolute Gasteiger partial charge is 0.508 e. The quantitative estimate of drug-likeness (QED) is 0.435. The molecule has 1 aromatic heterocycles. The van der Waals surface area contributed by atoms with Gasteiger partial charge in [-0.15, -0.1) is 0 Å². The molecule has 0 bridgehead atoms. The van der Waals surface area contributed by atoms with Crippen LogP contribution in [0.5, 0.6) is 11.5 Å². The van der Waals surface area contributed by atoms with Gasteiger partial charge in [0.05, 0.1) is 6.04 Å². The van der Waals surface area contributed by atoms with E-state index in [9.17, 15) is 10.2 Å². The highest BCUT2D eigenvalue weighted by Crippen LogP contribution is 2.37. The number of nitrogens with one attached hydrogen (secondary N) is 2. The molecule has 1 heterocycles. The number of hydrogen-bond acceptors (Lipinski definition) is 3. The minimum absolute atomic E-state index is 0.0404. The molecule has 0 radical (unpaired) electrons. The number of aromatic nitrogens is 1. The Labute approximate surface area is 145 Å². The standard InChI is InChI=1S/C21H18N2O2/c24-15-10-11-17(20(25)12-15)21(23-14-6-2-1-3-7-14)18-13-22-19-9-5-4-8-16(18)19/h1-13,21-25H. The number of phenolic OH excluding ortho intramolecular Hbond substituents is 2. The summed E-state index contributed by atoms with van der Waals surface area (Å²) in [5.74, 6) is 0.0948. The van der Waals surface area contributed by atoms with Crippen molar-refractivity contribution in [3.63, 3.8) is 0 Å². The van der Waals surface area contributed by atoms with E-state index in [-0.39, 0.29) is 17.5 Å². The van der Waals surface area contributed by atoms with Crippen LogP contribution in [0.25, 0.3) is 10.9 Å². The average Bonchev–Trinajstić information content (AvgIpc) is 3.05. The Hall–Kier alpha value is -3.40. The summed E-state index contributed by atoms with van der Waals surface area (Å²) in [6.07, 6.45) is 1.96. The first-order valence-electron chi connectivity index (χ1n) is 8.12. The number of fused-ring (bicyclic) bond motifs is 1. The smallest absolute Gasteiger partial charge is 0.124 e. The zero-order valence-corrected chi connectivity index (χ0v) is 13.5. The fourth-order valence-corrected chi connectivity index (χ4v) is 3.13. The Morgan fingerprint density at radius 2 is 1.56 bits per heavy atom. The average molecular weight is 330 g/mol. The van der Waals surface area contributed by atoms with E-state index in [0.29, 0.717) is 5.56 Å². The van der Waals surface area contributed by atoms with Crippen LogP contribution in [0, 0.1) is 0 Å². The molecular formula is C21H18N2O2. The molecule has 3 aromatic carbocycles. The minimum atomic E-state index is -0.265. The van der Waals surface area contributed by atoms with Crippen molar-refractivity contribution in [3.05, 3.63) is 90.1 Å². The molecule has 0 saturated heterocycles. The summed E-state index contributed by atoms with van der Waals surface area (Å²) in [6.45, 7) is 0. The molecule has 4 nitrogen and oxygen atoms in total. The van der Waals surface area contributed by atoms with Gasteiger partial charge in [0.2, 0.25) is 0 Å². The van der Waals surface area contributed by atoms with Gasteiger partial charge < -0.3 is 20.5 Å². The molecule has 4 heteroatoms. The van der Waals surface area contributed by atoms with Crippen molar-refractivity contribution in [2.75, 3.05) is 5.32 Å². The molecule has 124 valence electrons. The van der Waals surface area contributed by atoms with Crippen molar-refractivity contribution >= 4 is 16.6 Å². The van der Waals surface area contributed by atoms with E-state index in [1.165, 1.54) is 6.07 Å². The number of rotatable bonds is 4. The van der Waals surface area contributed by atoms with Crippen molar-refractivity contribution in [1.82, 2.24) is 4.98 Å². The molecule has 4 N–H and O–H groups in total. The Morgan fingerprint density at radius 1 is 0.800 bits per heavy atom. The molecule has 0 aliphatic carbocycles. The normalized spacial score (nSPS) is 12.2. The van der Waals surface area contributed by atoms with Crippen LogP contribution in [-0.4, -0.2) is 15.2 Å². The van der Waals surface area contributed by atoms with Crippen LogP contribution >= 0.6 is 0 Å². The third-order valence-corrected chi connectivity index (χ3v) is 4.34. The number of aromatic hydroxyl groups is 2. The highest BCUT2D eigenvalue weighted by Gasteiger charge is 2.21. The van der Waals surface area contributed by atoms with Crippen LogP contribution in [0.3, 0.4) is 0 Å². The Balaban J connectivity index is 1.86. The number of hydrogen-bond donors (Lipinski definition) is 4. The lowest BCUT2D eigenvalue weighted by Gasteiger charge is -2.21. The molecule has 0 aliphatic rings. The number of para-hydroxylation sites is 2. The number of benzene rings is 3. The van der Waals surface area contributed by atoms with E-state index in [1.807, 2.05) is 54.7 Å². The molecule has 25 heavy (non-hydrogen) atoms. The second kappa shape index (κ2) is 6.24. The van der Waals surface area contributed by atoms with Gasteiger partial charge in [0, 0.05) is 40.0 Å². The lowest BCUT2D eigenvalue weighted by Crippen LogP contribution is -2.12. The summed E-state index contributed by atoms with van der Waals surface area (Å²) in [5, 5.41) is 24.6. The summed E-state index contributed by atoms with van der Waals surface area (Å²) in [5.41, 5.74) is 3.72. The fourth-order valence-electron chi connectivity index (χ4n) is 3.13. The highest BCUT2D eigenvalue weighted by molar-refractivity contribution is 5.84. The zero-order valence-electron chi connectivity index (χ0n) is 13.5. The zero-order chi connectivity index (χ0) is 17.2. The summed E-state index contributed by atoms with van der Waals surface area (Å²) < 4.78 is 0. The Morgan fingerprint density at radius 3 is 2.36 bits per heavy atom. The Bertz CT molecular complexity index is 1010. The number of anilines is 1. The first kappa shape index (κ1) is 15.1. The van der Waals surface area contributed by atoms with Crippen LogP contribution in [0.2, 0.25) is 0 Å². The van der Waals surface area contributed by atoms with E-state index >= 15 is 0 Å². The lowest BCUT2D eigenvalue weighted by molar-refractivity contribution is 0.445. The van der Waals surface area contributed by atoms with Crippen molar-refractivity contribution in [2.45, 2.75) is 6.04 Å².